The first-order chi connectivity index (χ1) is 16.3. The molecule has 9 heteroatoms. The summed E-state index contributed by atoms with van der Waals surface area (Å²) in [6, 6.07) is 18.8. The third-order valence-electron chi connectivity index (χ3n) is 5.68. The zero-order valence-electron chi connectivity index (χ0n) is 17.8. The zero-order chi connectivity index (χ0) is 24.0. The van der Waals surface area contributed by atoms with Crippen molar-refractivity contribution in [2.45, 2.75) is 13.0 Å². The summed E-state index contributed by atoms with van der Waals surface area (Å²) in [6.45, 7) is 1.90. The number of hydrogen-bond acceptors (Lipinski definition) is 7. The number of ketones is 1. The summed E-state index contributed by atoms with van der Waals surface area (Å²) in [4.78, 5) is 42.8. The van der Waals surface area contributed by atoms with Gasteiger partial charge in [0.1, 0.15) is 5.76 Å². The number of aromatic nitrogens is 1. The minimum Gasteiger partial charge on any atom is -0.507 e. The highest BCUT2D eigenvalue weighted by atomic mass is 32.1. The molecule has 0 spiro atoms. The van der Waals surface area contributed by atoms with Crippen molar-refractivity contribution in [2.75, 3.05) is 4.90 Å². The maximum absolute atomic E-state index is 13.2. The molecular weight excluding hydrogens is 454 g/mol. The summed E-state index contributed by atoms with van der Waals surface area (Å²) in [5.41, 5.74) is 2.25. The second kappa shape index (κ2) is 8.20. The van der Waals surface area contributed by atoms with Gasteiger partial charge in [0.25, 0.3) is 11.5 Å². The van der Waals surface area contributed by atoms with Crippen LogP contribution in [0.1, 0.15) is 22.7 Å². The molecule has 0 radical (unpaired) electrons. The number of rotatable bonds is 4. The van der Waals surface area contributed by atoms with Gasteiger partial charge in [0.05, 0.1) is 26.8 Å². The minimum absolute atomic E-state index is 0.0954. The molecule has 1 aromatic heterocycles. The van der Waals surface area contributed by atoms with Crippen LogP contribution < -0.4 is 4.90 Å². The summed E-state index contributed by atoms with van der Waals surface area (Å²) >= 11 is 1.25. The molecule has 3 aromatic carbocycles. The van der Waals surface area contributed by atoms with Gasteiger partial charge in [0, 0.05) is 17.7 Å². The predicted octanol–water partition coefficient (Wildman–Crippen LogP) is 5.14. The number of carbonyl (C=O) groups excluding carboxylic acids is 2. The van der Waals surface area contributed by atoms with E-state index >= 15 is 0 Å². The van der Waals surface area contributed by atoms with Crippen LogP contribution in [0.15, 0.2) is 78.4 Å². The fraction of sp³-hybridized carbons (Fsp3) is 0.0800. The number of hydrogen-bond donors (Lipinski definition) is 1. The van der Waals surface area contributed by atoms with Crippen LogP contribution in [0.2, 0.25) is 0 Å². The predicted molar refractivity (Wildman–Crippen MR) is 129 cm³/mol. The van der Waals surface area contributed by atoms with Gasteiger partial charge in [-0.2, -0.15) is 0 Å². The fourth-order valence-corrected chi connectivity index (χ4v) is 4.95. The molecule has 1 fully saturated rings. The Morgan fingerprint density at radius 2 is 1.71 bits per heavy atom. The van der Waals surface area contributed by atoms with Crippen molar-refractivity contribution in [1.82, 2.24) is 4.98 Å². The van der Waals surface area contributed by atoms with Gasteiger partial charge in [-0.1, -0.05) is 53.3 Å². The third kappa shape index (κ3) is 3.52. The molecule has 34 heavy (non-hydrogen) atoms. The fourth-order valence-electron chi connectivity index (χ4n) is 3.95. The lowest BCUT2D eigenvalue weighted by atomic mass is 9.95. The lowest BCUT2D eigenvalue weighted by molar-refractivity contribution is -0.384. The number of aryl methyl sites for hydroxylation is 1. The van der Waals surface area contributed by atoms with Crippen molar-refractivity contribution in [2.24, 2.45) is 0 Å². The van der Waals surface area contributed by atoms with E-state index in [1.54, 1.807) is 30.3 Å². The Labute approximate surface area is 197 Å². The van der Waals surface area contributed by atoms with Crippen molar-refractivity contribution in [1.29, 1.82) is 0 Å². The van der Waals surface area contributed by atoms with Crippen LogP contribution in [0.3, 0.4) is 0 Å². The van der Waals surface area contributed by atoms with E-state index in [0.717, 1.165) is 10.3 Å². The number of nitrogens with zero attached hydrogens (tertiary/aromatic N) is 3. The summed E-state index contributed by atoms with van der Waals surface area (Å²) in [6.07, 6.45) is 0. The standard InChI is InChI=1S/C25H17N3O5S/c1-14-6-8-16(9-7-14)22(29)20-21(15-10-12-17(13-11-15)28(32)33)27(24(31)23(20)30)25-26-18-4-2-3-5-19(18)34-25/h2-13,21,29H,1H3/t21-/m1/s1. The topological polar surface area (TPSA) is 114 Å². The quantitative estimate of drug-likeness (QED) is 0.145. The molecule has 5 rings (SSSR count). The molecule has 1 aliphatic heterocycles. The zero-order valence-corrected chi connectivity index (χ0v) is 18.7. The van der Waals surface area contributed by atoms with Gasteiger partial charge in [-0.3, -0.25) is 24.6 Å². The van der Waals surface area contributed by atoms with Crippen LogP contribution in [0.25, 0.3) is 16.0 Å². The highest BCUT2D eigenvalue weighted by molar-refractivity contribution is 7.22. The van der Waals surface area contributed by atoms with Gasteiger partial charge in [0.2, 0.25) is 0 Å². The average molecular weight is 471 g/mol. The summed E-state index contributed by atoms with van der Waals surface area (Å²) < 4.78 is 0.834. The molecule has 0 unspecified atom stereocenters. The van der Waals surface area contributed by atoms with Gasteiger partial charge in [-0.25, -0.2) is 4.98 Å². The van der Waals surface area contributed by atoms with Crippen LogP contribution >= 0.6 is 11.3 Å². The van der Waals surface area contributed by atoms with Crippen molar-refractivity contribution < 1.29 is 19.6 Å². The first kappa shape index (κ1) is 21.5. The maximum atomic E-state index is 13.2. The van der Waals surface area contributed by atoms with Gasteiger partial charge in [-0.05, 0) is 36.8 Å². The van der Waals surface area contributed by atoms with Crippen LogP contribution in [-0.2, 0) is 9.59 Å². The van der Waals surface area contributed by atoms with E-state index in [1.165, 1.54) is 40.5 Å². The number of aliphatic hydroxyl groups is 1. The summed E-state index contributed by atoms with van der Waals surface area (Å²) in [5.74, 6) is -1.98. The Morgan fingerprint density at radius 1 is 1.03 bits per heavy atom. The van der Waals surface area contributed by atoms with Gasteiger partial charge >= 0.3 is 5.91 Å². The number of nitro benzene ring substituents is 1. The number of carbonyl (C=O) groups is 2. The van der Waals surface area contributed by atoms with Crippen LogP contribution in [0.4, 0.5) is 10.8 Å². The molecule has 1 atom stereocenters. The Balaban J connectivity index is 1.72. The Morgan fingerprint density at radius 3 is 2.35 bits per heavy atom. The van der Waals surface area contributed by atoms with E-state index in [-0.39, 0.29) is 17.0 Å². The number of aliphatic hydroxyl groups excluding tert-OH is 1. The molecule has 1 N–H and O–H groups in total. The lowest BCUT2D eigenvalue weighted by Crippen LogP contribution is -2.29. The first-order valence-electron chi connectivity index (χ1n) is 10.3. The summed E-state index contributed by atoms with van der Waals surface area (Å²) in [5, 5.41) is 22.6. The smallest absolute Gasteiger partial charge is 0.301 e. The van der Waals surface area contributed by atoms with E-state index in [9.17, 15) is 24.8 Å². The van der Waals surface area contributed by atoms with E-state index in [0.29, 0.717) is 21.8 Å². The van der Waals surface area contributed by atoms with Crippen molar-refractivity contribution >= 4 is 49.8 Å². The van der Waals surface area contributed by atoms with Gasteiger partial charge in [0.15, 0.2) is 5.13 Å². The molecule has 0 aliphatic carbocycles. The van der Waals surface area contributed by atoms with Gasteiger partial charge in [-0.15, -0.1) is 0 Å². The largest absolute Gasteiger partial charge is 0.507 e. The normalized spacial score (nSPS) is 17.4. The number of amides is 1. The molecule has 1 saturated heterocycles. The number of fused-ring (bicyclic) bond motifs is 1. The van der Waals surface area contributed by atoms with E-state index in [2.05, 4.69) is 4.98 Å². The average Bonchev–Trinajstić information content (AvgIpc) is 3.37. The van der Waals surface area contributed by atoms with E-state index < -0.39 is 22.7 Å². The second-order valence-corrected chi connectivity index (χ2v) is 8.86. The van der Waals surface area contributed by atoms with Crippen molar-refractivity contribution in [3.8, 4) is 0 Å². The number of non-ortho nitro benzene ring substituents is 1. The molecule has 0 bridgehead atoms. The lowest BCUT2D eigenvalue weighted by Gasteiger charge is -2.22. The highest BCUT2D eigenvalue weighted by Crippen LogP contribution is 2.44. The maximum Gasteiger partial charge on any atom is 0.301 e. The SMILES string of the molecule is Cc1ccc(C(O)=C2C(=O)C(=O)N(c3nc4ccccc4s3)[C@@H]2c2ccc([N+](=O)[O-])cc2)cc1. The number of thiazole rings is 1. The monoisotopic (exact) mass is 471 g/mol. The number of para-hydroxylation sites is 1. The molecule has 4 aromatic rings. The first-order valence-corrected chi connectivity index (χ1v) is 11.1. The number of benzene rings is 3. The van der Waals surface area contributed by atoms with Crippen LogP contribution in [-0.4, -0.2) is 26.7 Å². The molecular formula is C25H17N3O5S. The molecule has 1 amide bonds. The Bertz CT molecular complexity index is 1460. The Hall–Kier alpha value is -4.37. The molecule has 2 heterocycles. The van der Waals surface area contributed by atoms with E-state index in [4.69, 9.17) is 0 Å². The minimum atomic E-state index is -0.998. The number of anilines is 1. The van der Waals surface area contributed by atoms with Crippen molar-refractivity contribution in [3.05, 3.63) is 105 Å². The van der Waals surface area contributed by atoms with Crippen molar-refractivity contribution in [3.63, 3.8) is 0 Å². The summed E-state index contributed by atoms with van der Waals surface area (Å²) in [7, 11) is 0. The molecule has 1 aliphatic rings. The van der Waals surface area contributed by atoms with Crippen LogP contribution in [0, 0.1) is 17.0 Å². The van der Waals surface area contributed by atoms with E-state index in [1.807, 2.05) is 25.1 Å². The third-order valence-corrected chi connectivity index (χ3v) is 6.71. The van der Waals surface area contributed by atoms with Gasteiger partial charge < -0.3 is 5.11 Å². The van der Waals surface area contributed by atoms with Crippen LogP contribution in [0.5, 0.6) is 0 Å². The number of Topliss-reactive ketones (excluding diaryl/α,β-unsaturated/α-hetero) is 1. The number of nitro groups is 1. The highest BCUT2D eigenvalue weighted by Gasteiger charge is 2.48. The molecule has 8 nitrogen and oxygen atoms in total. The molecule has 0 saturated carbocycles. The molecule has 168 valence electrons. The second-order valence-electron chi connectivity index (χ2n) is 7.85. The Kier molecular flexibility index (Phi) is 5.18.